The van der Waals surface area contributed by atoms with Crippen LogP contribution in [0.5, 0.6) is 0 Å². The molecule has 0 fully saturated rings. The Hall–Kier alpha value is -9.76. The average molecular weight is 953 g/mol. The standard InChI is InChI=1S/C73H48N2/c1-4-22-49(23-5-1)55-28-10-11-33-63(55)71-56(50-24-6-2-7-25-50)34-21-41-70(71)74(53-44-42-51(43-45-53)57-35-20-36-64-62-32-15-19-40-69(62)75(72(57)64)52-26-8-3-9-27-52)54-46-47-61-60-31-14-18-39-67(60)73(68(61)48-54)65-37-16-12-29-58(65)59-30-13-17-38-66(59)73/h1-48H. The molecule has 0 radical (unpaired) electrons. The van der Waals surface area contributed by atoms with Crippen LogP contribution in [0.15, 0.2) is 291 Å². The highest BCUT2D eigenvalue weighted by Crippen LogP contribution is 2.63. The van der Waals surface area contributed by atoms with Gasteiger partial charge >= 0.3 is 0 Å². The zero-order chi connectivity index (χ0) is 49.5. The number of hydrogen-bond donors (Lipinski definition) is 0. The molecule has 2 aliphatic carbocycles. The van der Waals surface area contributed by atoms with Gasteiger partial charge in [0.2, 0.25) is 0 Å². The maximum atomic E-state index is 2.53. The van der Waals surface area contributed by atoms with Crippen molar-refractivity contribution >= 4 is 38.9 Å². The molecule has 0 amide bonds. The summed E-state index contributed by atoms with van der Waals surface area (Å²) in [5, 5.41) is 2.48. The second-order valence-corrected chi connectivity index (χ2v) is 19.9. The normalized spacial score (nSPS) is 12.6. The first kappa shape index (κ1) is 42.9. The van der Waals surface area contributed by atoms with E-state index in [2.05, 4.69) is 301 Å². The van der Waals surface area contributed by atoms with Gasteiger partial charge in [-0.1, -0.05) is 243 Å². The summed E-state index contributed by atoms with van der Waals surface area (Å²) in [7, 11) is 0. The van der Waals surface area contributed by atoms with E-state index in [9.17, 15) is 0 Å². The molecule has 0 bridgehead atoms. The lowest BCUT2D eigenvalue weighted by atomic mass is 9.70. The molecule has 1 aromatic heterocycles. The van der Waals surface area contributed by atoms with Crippen LogP contribution in [0.4, 0.5) is 17.1 Å². The van der Waals surface area contributed by atoms with Gasteiger partial charge in [0.1, 0.15) is 0 Å². The average Bonchev–Trinajstić information content (AvgIpc) is 4.17. The molecule has 0 aliphatic heterocycles. The maximum absolute atomic E-state index is 2.53. The van der Waals surface area contributed by atoms with E-state index in [4.69, 9.17) is 0 Å². The summed E-state index contributed by atoms with van der Waals surface area (Å²) in [5.41, 5.74) is 26.1. The SMILES string of the molecule is c1ccc(-c2ccccc2-c2c(-c3ccccc3)cccc2N(c2ccc(-c3cccc4c5ccccc5n(-c5ccccc5)c34)cc2)c2ccc3c(c2)C2(c4ccccc4-c4ccccc42)c2ccccc2-3)cc1. The summed E-state index contributed by atoms with van der Waals surface area (Å²) in [6, 6.07) is 108. The topological polar surface area (TPSA) is 8.17 Å². The minimum atomic E-state index is -0.505. The van der Waals surface area contributed by atoms with E-state index in [1.54, 1.807) is 0 Å². The number of hydrogen-bond acceptors (Lipinski definition) is 1. The van der Waals surface area contributed by atoms with Crippen LogP contribution < -0.4 is 4.90 Å². The lowest BCUT2D eigenvalue weighted by Crippen LogP contribution is -2.26. The molecule has 1 spiro atoms. The van der Waals surface area contributed by atoms with Crippen molar-refractivity contribution in [3.05, 3.63) is 313 Å². The smallest absolute Gasteiger partial charge is 0.0726 e. The van der Waals surface area contributed by atoms with Gasteiger partial charge in [-0.3, -0.25) is 0 Å². The Morgan fingerprint density at radius 2 is 0.733 bits per heavy atom. The van der Waals surface area contributed by atoms with Crippen molar-refractivity contribution in [3.63, 3.8) is 0 Å². The molecule has 350 valence electrons. The summed E-state index contributed by atoms with van der Waals surface area (Å²) in [4.78, 5) is 2.53. The van der Waals surface area contributed by atoms with Gasteiger partial charge in [0.15, 0.2) is 0 Å². The third kappa shape index (κ3) is 6.46. The van der Waals surface area contributed by atoms with E-state index in [0.717, 1.165) is 33.9 Å². The number of rotatable bonds is 8. The van der Waals surface area contributed by atoms with Gasteiger partial charge in [-0.2, -0.15) is 0 Å². The predicted octanol–water partition coefficient (Wildman–Crippen LogP) is 19.3. The molecular formula is C73H48N2. The van der Waals surface area contributed by atoms with Gasteiger partial charge in [0.05, 0.1) is 22.1 Å². The Bertz CT molecular complexity index is 4280. The van der Waals surface area contributed by atoms with Crippen LogP contribution in [-0.4, -0.2) is 4.57 Å². The Labute approximate surface area is 437 Å². The number of aromatic nitrogens is 1. The third-order valence-electron chi connectivity index (χ3n) is 16.0. The molecule has 75 heavy (non-hydrogen) atoms. The first-order chi connectivity index (χ1) is 37.3. The Morgan fingerprint density at radius 3 is 1.39 bits per heavy atom. The van der Waals surface area contributed by atoms with Crippen LogP contribution in [0.3, 0.4) is 0 Å². The van der Waals surface area contributed by atoms with Crippen molar-refractivity contribution in [2.24, 2.45) is 0 Å². The van der Waals surface area contributed by atoms with Gasteiger partial charge in [0, 0.05) is 39.0 Å². The molecule has 0 saturated heterocycles. The zero-order valence-electron chi connectivity index (χ0n) is 41.1. The summed E-state index contributed by atoms with van der Waals surface area (Å²) < 4.78 is 2.43. The number of anilines is 3. The first-order valence-corrected chi connectivity index (χ1v) is 26.0. The van der Waals surface area contributed by atoms with Crippen LogP contribution in [0.2, 0.25) is 0 Å². The van der Waals surface area contributed by atoms with Crippen molar-refractivity contribution in [1.82, 2.24) is 4.57 Å². The van der Waals surface area contributed by atoms with Crippen LogP contribution in [0.1, 0.15) is 22.3 Å². The van der Waals surface area contributed by atoms with E-state index >= 15 is 0 Å². The van der Waals surface area contributed by atoms with Gasteiger partial charge in [-0.15, -0.1) is 0 Å². The van der Waals surface area contributed by atoms with Crippen molar-refractivity contribution in [1.29, 1.82) is 0 Å². The van der Waals surface area contributed by atoms with Gasteiger partial charge < -0.3 is 9.47 Å². The molecule has 2 heteroatoms. The Kier molecular flexibility index (Phi) is 9.83. The van der Waals surface area contributed by atoms with E-state index in [-0.39, 0.29) is 0 Å². The highest BCUT2D eigenvalue weighted by Gasteiger charge is 2.51. The summed E-state index contributed by atoms with van der Waals surface area (Å²) in [5.74, 6) is 0. The molecule has 0 N–H and O–H groups in total. The van der Waals surface area contributed by atoms with Crippen LogP contribution >= 0.6 is 0 Å². The predicted molar refractivity (Wildman–Crippen MR) is 314 cm³/mol. The lowest BCUT2D eigenvalue weighted by Gasteiger charge is -2.33. The fraction of sp³-hybridized carbons (Fsp3) is 0.0137. The number of para-hydroxylation sites is 3. The number of benzene rings is 12. The van der Waals surface area contributed by atoms with Gasteiger partial charge in [-0.05, 0) is 126 Å². The molecule has 13 aromatic rings. The van der Waals surface area contributed by atoms with Crippen molar-refractivity contribution in [3.8, 4) is 72.4 Å². The second kappa shape index (κ2) is 17.2. The van der Waals surface area contributed by atoms with Crippen molar-refractivity contribution in [2.75, 3.05) is 4.90 Å². The minimum absolute atomic E-state index is 0.505. The van der Waals surface area contributed by atoms with Crippen molar-refractivity contribution < 1.29 is 0 Å². The molecule has 2 aliphatic rings. The molecule has 0 saturated carbocycles. The molecule has 12 aromatic carbocycles. The van der Waals surface area contributed by atoms with Gasteiger partial charge in [-0.25, -0.2) is 0 Å². The molecule has 15 rings (SSSR count). The van der Waals surface area contributed by atoms with Gasteiger partial charge in [0.25, 0.3) is 0 Å². The quantitative estimate of drug-likeness (QED) is 0.147. The third-order valence-corrected chi connectivity index (χ3v) is 16.0. The lowest BCUT2D eigenvalue weighted by molar-refractivity contribution is 0.793. The number of nitrogens with zero attached hydrogens (tertiary/aromatic N) is 2. The molecule has 2 nitrogen and oxygen atoms in total. The summed E-state index contributed by atoms with van der Waals surface area (Å²) in [6.45, 7) is 0. The minimum Gasteiger partial charge on any atom is -0.310 e. The molecular weight excluding hydrogens is 905 g/mol. The summed E-state index contributed by atoms with van der Waals surface area (Å²) in [6.07, 6.45) is 0. The Balaban J connectivity index is 1.00. The maximum Gasteiger partial charge on any atom is 0.0726 e. The van der Waals surface area contributed by atoms with Crippen LogP contribution in [0, 0.1) is 0 Å². The van der Waals surface area contributed by atoms with Crippen molar-refractivity contribution in [2.45, 2.75) is 5.41 Å². The molecule has 0 atom stereocenters. The first-order valence-electron chi connectivity index (χ1n) is 26.0. The van der Waals surface area contributed by atoms with E-state index in [1.165, 1.54) is 99.7 Å². The highest BCUT2D eigenvalue weighted by molar-refractivity contribution is 6.14. The Morgan fingerprint density at radius 1 is 0.280 bits per heavy atom. The number of fused-ring (bicyclic) bond motifs is 13. The molecule has 1 heterocycles. The fourth-order valence-electron chi connectivity index (χ4n) is 13.0. The van der Waals surface area contributed by atoms with E-state index in [1.807, 2.05) is 0 Å². The van der Waals surface area contributed by atoms with Crippen LogP contribution in [0.25, 0.3) is 94.3 Å². The highest BCUT2D eigenvalue weighted by atomic mass is 15.1. The van der Waals surface area contributed by atoms with E-state index in [0.29, 0.717) is 0 Å². The summed E-state index contributed by atoms with van der Waals surface area (Å²) >= 11 is 0. The van der Waals surface area contributed by atoms with E-state index < -0.39 is 5.41 Å². The largest absolute Gasteiger partial charge is 0.310 e. The zero-order valence-corrected chi connectivity index (χ0v) is 41.1. The molecule has 0 unspecified atom stereocenters. The monoisotopic (exact) mass is 952 g/mol. The fourth-order valence-corrected chi connectivity index (χ4v) is 13.0. The second-order valence-electron chi connectivity index (χ2n) is 19.9. The van der Waals surface area contributed by atoms with Crippen LogP contribution in [-0.2, 0) is 5.41 Å².